The number of hydrogen-bond donors (Lipinski definition) is 1. The van der Waals surface area contributed by atoms with Crippen LogP contribution in [0.15, 0.2) is 42.0 Å². The van der Waals surface area contributed by atoms with Gasteiger partial charge in [-0.1, -0.05) is 42.0 Å². The number of cyclic esters (lactones) is 1. The minimum atomic E-state index is -0.364. The number of carbonyl (C=O) groups is 2. The van der Waals surface area contributed by atoms with Gasteiger partial charge in [0.05, 0.1) is 14.2 Å². The van der Waals surface area contributed by atoms with E-state index in [1.165, 1.54) is 5.56 Å². The van der Waals surface area contributed by atoms with Crippen molar-refractivity contribution in [3.05, 3.63) is 69.8 Å². The van der Waals surface area contributed by atoms with Gasteiger partial charge >= 0.3 is 5.97 Å². The van der Waals surface area contributed by atoms with Crippen molar-refractivity contribution in [1.29, 1.82) is 0 Å². The molecule has 2 aromatic carbocycles. The first-order valence-corrected chi connectivity index (χ1v) is 10.9. The monoisotopic (exact) mass is 437 g/mol. The zero-order valence-electron chi connectivity index (χ0n) is 19.2. The Labute approximate surface area is 189 Å². The second kappa shape index (κ2) is 10.8. The highest BCUT2D eigenvalue weighted by molar-refractivity contribution is 5.98. The van der Waals surface area contributed by atoms with Gasteiger partial charge in [0, 0.05) is 24.1 Å². The number of methoxy groups -OCH3 is 2. The fraction of sp³-hybridized carbons (Fsp3) is 0.385. The summed E-state index contributed by atoms with van der Waals surface area (Å²) in [5, 5.41) is 2.98. The number of ether oxygens (including phenoxy) is 3. The molecule has 2 aromatic rings. The highest BCUT2D eigenvalue weighted by Crippen LogP contribution is 2.42. The lowest BCUT2D eigenvalue weighted by Crippen LogP contribution is -2.25. The third-order valence-electron chi connectivity index (χ3n) is 5.81. The third kappa shape index (κ3) is 5.31. The molecule has 1 amide bonds. The Morgan fingerprint density at radius 2 is 1.84 bits per heavy atom. The molecule has 1 aliphatic heterocycles. The molecule has 1 N–H and O–H groups in total. The van der Waals surface area contributed by atoms with Gasteiger partial charge in [-0.3, -0.25) is 4.79 Å². The minimum Gasteiger partial charge on any atom is -0.496 e. The van der Waals surface area contributed by atoms with Crippen LogP contribution in [0.25, 0.3) is 0 Å². The van der Waals surface area contributed by atoms with Gasteiger partial charge in [0.1, 0.15) is 23.7 Å². The van der Waals surface area contributed by atoms with E-state index in [2.05, 4.69) is 23.5 Å². The molecule has 0 atom stereocenters. The fourth-order valence-corrected chi connectivity index (χ4v) is 4.00. The predicted molar refractivity (Wildman–Crippen MR) is 123 cm³/mol. The molecule has 170 valence electrons. The first-order chi connectivity index (χ1) is 15.5. The summed E-state index contributed by atoms with van der Waals surface area (Å²) in [5.41, 5.74) is 5.32. The minimum absolute atomic E-state index is 0.0416. The van der Waals surface area contributed by atoms with Crippen LogP contribution in [0.3, 0.4) is 0 Å². The van der Waals surface area contributed by atoms with E-state index < -0.39 is 0 Å². The lowest BCUT2D eigenvalue weighted by Gasteiger charge is -2.18. The molecule has 0 aromatic heterocycles. The predicted octanol–water partition coefficient (Wildman–Crippen LogP) is 4.31. The molecule has 0 saturated carbocycles. The van der Waals surface area contributed by atoms with Crippen molar-refractivity contribution in [2.24, 2.45) is 0 Å². The van der Waals surface area contributed by atoms with Crippen LogP contribution in [0, 0.1) is 6.92 Å². The first kappa shape index (κ1) is 23.4. The second-order valence-electron chi connectivity index (χ2n) is 7.94. The molecule has 0 radical (unpaired) electrons. The molecular formula is C26H31NO5. The van der Waals surface area contributed by atoms with Gasteiger partial charge in [-0.05, 0) is 44.2 Å². The number of fused-ring (bicyclic) bond motifs is 1. The van der Waals surface area contributed by atoms with Crippen molar-refractivity contribution in [2.75, 3.05) is 20.8 Å². The molecule has 0 bridgehead atoms. The zero-order valence-corrected chi connectivity index (χ0v) is 19.2. The average Bonchev–Trinajstić information content (AvgIpc) is 3.19. The van der Waals surface area contributed by atoms with Crippen molar-refractivity contribution in [3.8, 4) is 11.5 Å². The number of amides is 1. The summed E-state index contributed by atoms with van der Waals surface area (Å²) in [4.78, 5) is 24.4. The van der Waals surface area contributed by atoms with Crippen LogP contribution in [0.1, 0.15) is 52.4 Å². The van der Waals surface area contributed by atoms with Crippen molar-refractivity contribution in [2.45, 2.75) is 46.1 Å². The van der Waals surface area contributed by atoms with Gasteiger partial charge in [-0.15, -0.1) is 0 Å². The normalized spacial score (nSPS) is 12.9. The third-order valence-corrected chi connectivity index (χ3v) is 5.81. The van der Waals surface area contributed by atoms with Crippen molar-refractivity contribution < 1.29 is 23.8 Å². The maximum absolute atomic E-state index is 12.2. The smallest absolute Gasteiger partial charge is 0.342 e. The van der Waals surface area contributed by atoms with Crippen molar-refractivity contribution >= 4 is 11.9 Å². The standard InChI is InChI=1S/C26H31NO5/c1-17(11-13-22(28)27-15-14-19-8-6-5-7-9-19)10-12-20-24(30-3)18(2)21-16-32-26(29)23(21)25(20)31-4/h5-10H,11-16H2,1-4H3,(H,27,28). The number of benzene rings is 2. The van der Waals surface area contributed by atoms with Gasteiger partial charge in [-0.25, -0.2) is 4.79 Å². The molecular weight excluding hydrogens is 406 g/mol. The zero-order chi connectivity index (χ0) is 23.1. The molecule has 1 heterocycles. The molecule has 6 nitrogen and oxygen atoms in total. The van der Waals surface area contributed by atoms with Crippen LogP contribution in [-0.2, 0) is 29.0 Å². The summed E-state index contributed by atoms with van der Waals surface area (Å²) in [6, 6.07) is 10.1. The van der Waals surface area contributed by atoms with Gasteiger partial charge in [0.25, 0.3) is 0 Å². The number of nitrogens with one attached hydrogen (secondary N) is 1. The Morgan fingerprint density at radius 1 is 1.12 bits per heavy atom. The quantitative estimate of drug-likeness (QED) is 0.443. The number of rotatable bonds is 10. The highest BCUT2D eigenvalue weighted by atomic mass is 16.5. The van der Waals surface area contributed by atoms with E-state index in [0.29, 0.717) is 42.9 Å². The van der Waals surface area contributed by atoms with Crippen LogP contribution in [0.4, 0.5) is 0 Å². The van der Waals surface area contributed by atoms with E-state index in [0.717, 1.165) is 28.7 Å². The Hall–Kier alpha value is -3.28. The topological polar surface area (TPSA) is 73.9 Å². The van der Waals surface area contributed by atoms with Gasteiger partial charge in [-0.2, -0.15) is 0 Å². The molecule has 0 spiro atoms. The molecule has 32 heavy (non-hydrogen) atoms. The summed E-state index contributed by atoms with van der Waals surface area (Å²) >= 11 is 0. The lowest BCUT2D eigenvalue weighted by molar-refractivity contribution is -0.121. The van der Waals surface area contributed by atoms with Crippen LogP contribution >= 0.6 is 0 Å². The fourth-order valence-electron chi connectivity index (χ4n) is 4.00. The van der Waals surface area contributed by atoms with E-state index >= 15 is 0 Å². The van der Waals surface area contributed by atoms with E-state index in [4.69, 9.17) is 14.2 Å². The number of carbonyl (C=O) groups excluding carboxylic acids is 2. The van der Waals surface area contributed by atoms with Gasteiger partial charge in [0.15, 0.2) is 0 Å². The van der Waals surface area contributed by atoms with Crippen LogP contribution in [0.5, 0.6) is 11.5 Å². The number of allylic oxidation sites excluding steroid dienone is 2. The van der Waals surface area contributed by atoms with Crippen LogP contribution in [0.2, 0.25) is 0 Å². The Kier molecular flexibility index (Phi) is 7.92. The Bertz CT molecular complexity index is 1010. The Balaban J connectivity index is 1.61. The average molecular weight is 438 g/mol. The molecule has 0 saturated heterocycles. The van der Waals surface area contributed by atoms with E-state index in [1.807, 2.05) is 32.0 Å². The van der Waals surface area contributed by atoms with Crippen molar-refractivity contribution in [1.82, 2.24) is 5.32 Å². The van der Waals surface area contributed by atoms with Gasteiger partial charge in [0.2, 0.25) is 5.91 Å². The molecule has 0 fully saturated rings. The van der Waals surface area contributed by atoms with E-state index in [-0.39, 0.29) is 18.5 Å². The molecule has 3 rings (SSSR count). The SMILES string of the molecule is COc1c(C)c2c(c(OC)c1CC=C(C)CCC(=O)NCCc1ccccc1)C(=O)OC2. The summed E-state index contributed by atoms with van der Waals surface area (Å²) in [7, 11) is 3.17. The van der Waals surface area contributed by atoms with Gasteiger partial charge < -0.3 is 19.5 Å². The van der Waals surface area contributed by atoms with E-state index in [1.54, 1.807) is 14.2 Å². The summed E-state index contributed by atoms with van der Waals surface area (Å²) < 4.78 is 16.5. The first-order valence-electron chi connectivity index (χ1n) is 10.9. The van der Waals surface area contributed by atoms with E-state index in [9.17, 15) is 9.59 Å². The number of esters is 1. The largest absolute Gasteiger partial charge is 0.496 e. The Morgan fingerprint density at radius 3 is 2.53 bits per heavy atom. The molecule has 6 heteroatoms. The summed E-state index contributed by atoms with van der Waals surface area (Å²) in [5.74, 6) is 0.894. The molecule has 0 unspecified atom stereocenters. The molecule has 0 aliphatic carbocycles. The second-order valence-corrected chi connectivity index (χ2v) is 7.94. The maximum Gasteiger partial charge on any atom is 0.342 e. The number of hydrogen-bond acceptors (Lipinski definition) is 5. The maximum atomic E-state index is 12.2. The summed E-state index contributed by atoms with van der Waals surface area (Å²) in [6.45, 7) is 4.80. The van der Waals surface area contributed by atoms with Crippen molar-refractivity contribution in [3.63, 3.8) is 0 Å². The van der Waals surface area contributed by atoms with Crippen LogP contribution in [-0.4, -0.2) is 32.6 Å². The highest BCUT2D eigenvalue weighted by Gasteiger charge is 2.32. The van der Waals surface area contributed by atoms with Crippen LogP contribution < -0.4 is 14.8 Å². The summed E-state index contributed by atoms with van der Waals surface area (Å²) in [6.07, 6.45) is 4.51. The lowest BCUT2D eigenvalue weighted by atomic mass is 9.94. The molecule has 1 aliphatic rings.